The van der Waals surface area contributed by atoms with Crippen molar-refractivity contribution >= 4 is 22.7 Å². The van der Waals surface area contributed by atoms with Crippen LogP contribution in [0.4, 0.5) is 5.69 Å². The van der Waals surface area contributed by atoms with E-state index in [9.17, 15) is 5.11 Å². The van der Waals surface area contributed by atoms with Gasteiger partial charge in [-0.2, -0.15) is 0 Å². The summed E-state index contributed by atoms with van der Waals surface area (Å²) in [5.41, 5.74) is 1.70. The lowest BCUT2D eigenvalue weighted by Crippen LogP contribution is -1.86. The second-order valence-electron chi connectivity index (χ2n) is 4.72. The van der Waals surface area contributed by atoms with Crippen molar-refractivity contribution in [2.45, 2.75) is 0 Å². The van der Waals surface area contributed by atoms with E-state index in [1.807, 2.05) is 36.4 Å². The average Bonchev–Trinajstić information content (AvgIpc) is 2.53. The summed E-state index contributed by atoms with van der Waals surface area (Å²) in [4.78, 5) is 4.45. The van der Waals surface area contributed by atoms with Crippen molar-refractivity contribution in [2.24, 2.45) is 4.99 Å². The Balaban J connectivity index is 1.88. The summed E-state index contributed by atoms with van der Waals surface area (Å²) in [5, 5.41) is 12.1. The summed E-state index contributed by atoms with van der Waals surface area (Å²) < 4.78 is 5.02. The van der Waals surface area contributed by atoms with E-state index in [2.05, 4.69) is 17.1 Å². The monoisotopic (exact) mass is 277 g/mol. The minimum Gasteiger partial charge on any atom is -0.504 e. The summed E-state index contributed by atoms with van der Waals surface area (Å²) in [6.07, 6.45) is 1.73. The van der Waals surface area contributed by atoms with Crippen molar-refractivity contribution in [1.82, 2.24) is 0 Å². The van der Waals surface area contributed by atoms with Gasteiger partial charge in [0.2, 0.25) is 0 Å². The number of phenolic OH excluding ortho intramolecular Hbond substituents is 1. The smallest absolute Gasteiger partial charge is 0.160 e. The molecule has 0 aliphatic heterocycles. The maximum atomic E-state index is 9.74. The van der Waals surface area contributed by atoms with Crippen molar-refractivity contribution in [3.63, 3.8) is 0 Å². The number of hydrogen-bond donors (Lipinski definition) is 1. The molecule has 0 aromatic heterocycles. The zero-order valence-electron chi connectivity index (χ0n) is 11.7. The lowest BCUT2D eigenvalue weighted by Gasteiger charge is -2.03. The summed E-state index contributed by atoms with van der Waals surface area (Å²) >= 11 is 0. The van der Waals surface area contributed by atoms with Crippen LogP contribution in [0.3, 0.4) is 0 Å². The molecule has 0 radical (unpaired) electrons. The van der Waals surface area contributed by atoms with Gasteiger partial charge in [-0.3, -0.25) is 4.99 Å². The largest absolute Gasteiger partial charge is 0.504 e. The molecule has 0 amide bonds. The predicted molar refractivity (Wildman–Crippen MR) is 85.9 cm³/mol. The Morgan fingerprint density at radius 2 is 1.76 bits per heavy atom. The molecule has 1 N–H and O–H groups in total. The van der Waals surface area contributed by atoms with Crippen molar-refractivity contribution in [3.8, 4) is 11.5 Å². The normalized spacial score (nSPS) is 11.1. The Hall–Kier alpha value is -2.81. The number of fused-ring (bicyclic) bond motifs is 1. The number of phenols is 1. The van der Waals surface area contributed by atoms with Gasteiger partial charge in [-0.25, -0.2) is 0 Å². The Morgan fingerprint density at radius 3 is 2.52 bits per heavy atom. The van der Waals surface area contributed by atoms with E-state index in [1.165, 1.54) is 12.5 Å². The topological polar surface area (TPSA) is 41.8 Å². The zero-order valence-corrected chi connectivity index (χ0v) is 11.7. The Kier molecular flexibility index (Phi) is 3.56. The molecule has 0 aliphatic rings. The molecule has 3 aromatic rings. The van der Waals surface area contributed by atoms with Gasteiger partial charge in [-0.15, -0.1) is 0 Å². The fraction of sp³-hybridized carbons (Fsp3) is 0.0556. The second kappa shape index (κ2) is 5.67. The number of rotatable bonds is 3. The molecule has 0 saturated heterocycles. The summed E-state index contributed by atoms with van der Waals surface area (Å²) in [6, 6.07) is 19.4. The second-order valence-corrected chi connectivity index (χ2v) is 4.72. The van der Waals surface area contributed by atoms with Crippen LogP contribution in [0.25, 0.3) is 10.8 Å². The number of ether oxygens (including phenoxy) is 1. The molecule has 0 heterocycles. The maximum absolute atomic E-state index is 9.74. The molecule has 104 valence electrons. The van der Waals surface area contributed by atoms with Crippen LogP contribution in [0, 0.1) is 0 Å². The molecule has 0 atom stereocenters. The van der Waals surface area contributed by atoms with Crippen LogP contribution >= 0.6 is 0 Å². The van der Waals surface area contributed by atoms with E-state index in [-0.39, 0.29) is 5.75 Å². The molecule has 0 bridgehead atoms. The first-order valence-corrected chi connectivity index (χ1v) is 6.66. The Bertz CT molecular complexity index is 809. The Labute approximate surface area is 123 Å². The quantitative estimate of drug-likeness (QED) is 0.725. The van der Waals surface area contributed by atoms with Crippen LogP contribution in [0.2, 0.25) is 0 Å². The first kappa shape index (κ1) is 13.2. The highest BCUT2D eigenvalue weighted by atomic mass is 16.5. The summed E-state index contributed by atoms with van der Waals surface area (Å²) in [7, 11) is 1.53. The Morgan fingerprint density at radius 1 is 0.952 bits per heavy atom. The molecule has 21 heavy (non-hydrogen) atoms. The molecule has 0 fully saturated rings. The molecular weight excluding hydrogens is 262 g/mol. The van der Waals surface area contributed by atoms with Gasteiger partial charge in [-0.1, -0.05) is 30.3 Å². The van der Waals surface area contributed by atoms with Gasteiger partial charge in [0.1, 0.15) is 0 Å². The molecular formula is C18H15NO2. The van der Waals surface area contributed by atoms with Gasteiger partial charge >= 0.3 is 0 Å². The summed E-state index contributed by atoms with van der Waals surface area (Å²) in [6.45, 7) is 0. The van der Waals surface area contributed by atoms with E-state index < -0.39 is 0 Å². The van der Waals surface area contributed by atoms with Gasteiger partial charge in [-0.05, 0) is 46.7 Å². The predicted octanol–water partition coefficient (Wildman–Crippen LogP) is 4.30. The molecule has 0 saturated carbocycles. The number of benzene rings is 3. The van der Waals surface area contributed by atoms with Gasteiger partial charge in [0.05, 0.1) is 12.8 Å². The van der Waals surface area contributed by atoms with E-state index in [4.69, 9.17) is 4.74 Å². The molecule has 3 nitrogen and oxygen atoms in total. The van der Waals surface area contributed by atoms with Crippen molar-refractivity contribution in [1.29, 1.82) is 0 Å². The lowest BCUT2D eigenvalue weighted by molar-refractivity contribution is 0.373. The van der Waals surface area contributed by atoms with E-state index in [0.29, 0.717) is 5.75 Å². The third kappa shape index (κ3) is 2.87. The van der Waals surface area contributed by atoms with Crippen molar-refractivity contribution < 1.29 is 9.84 Å². The fourth-order valence-electron chi connectivity index (χ4n) is 2.19. The SMILES string of the molecule is COc1ccc(C=Nc2ccc3ccccc3c2)cc1O. The molecule has 0 aliphatic carbocycles. The van der Waals surface area contributed by atoms with Crippen molar-refractivity contribution in [2.75, 3.05) is 7.11 Å². The highest BCUT2D eigenvalue weighted by Crippen LogP contribution is 2.26. The zero-order chi connectivity index (χ0) is 14.7. The highest BCUT2D eigenvalue weighted by molar-refractivity contribution is 5.88. The number of hydrogen-bond acceptors (Lipinski definition) is 3. The summed E-state index contributed by atoms with van der Waals surface area (Å²) in [5.74, 6) is 0.567. The third-order valence-electron chi connectivity index (χ3n) is 3.30. The first-order valence-electron chi connectivity index (χ1n) is 6.66. The van der Waals surface area contributed by atoms with E-state index in [0.717, 1.165) is 16.6 Å². The van der Waals surface area contributed by atoms with Crippen LogP contribution in [0.1, 0.15) is 5.56 Å². The van der Waals surface area contributed by atoms with Crippen LogP contribution < -0.4 is 4.74 Å². The van der Waals surface area contributed by atoms with Gasteiger partial charge < -0.3 is 9.84 Å². The van der Waals surface area contributed by atoms with E-state index >= 15 is 0 Å². The van der Waals surface area contributed by atoms with E-state index in [1.54, 1.807) is 18.3 Å². The number of nitrogens with zero attached hydrogens (tertiary/aromatic N) is 1. The maximum Gasteiger partial charge on any atom is 0.160 e. The standard InChI is InChI=1S/C18H15NO2/c1-21-18-9-6-13(10-17(18)20)12-19-16-8-7-14-4-2-3-5-15(14)11-16/h2-12,20H,1H3. The molecule has 0 unspecified atom stereocenters. The lowest BCUT2D eigenvalue weighted by atomic mass is 10.1. The number of aliphatic imine (C=N–C) groups is 1. The highest BCUT2D eigenvalue weighted by Gasteiger charge is 2.00. The molecule has 3 aromatic carbocycles. The minimum atomic E-state index is 0.111. The minimum absolute atomic E-state index is 0.111. The van der Waals surface area contributed by atoms with Crippen molar-refractivity contribution in [3.05, 3.63) is 66.2 Å². The van der Waals surface area contributed by atoms with Crippen LogP contribution in [-0.2, 0) is 0 Å². The number of methoxy groups -OCH3 is 1. The first-order chi connectivity index (χ1) is 10.3. The fourth-order valence-corrected chi connectivity index (χ4v) is 2.19. The van der Waals surface area contributed by atoms with Gasteiger partial charge in [0.25, 0.3) is 0 Å². The molecule has 0 spiro atoms. The molecule has 3 heteroatoms. The van der Waals surface area contributed by atoms with Crippen LogP contribution in [-0.4, -0.2) is 18.4 Å². The third-order valence-corrected chi connectivity index (χ3v) is 3.30. The molecule has 3 rings (SSSR count). The van der Waals surface area contributed by atoms with Crippen LogP contribution in [0.15, 0.2) is 65.7 Å². The average molecular weight is 277 g/mol. The number of aromatic hydroxyl groups is 1. The van der Waals surface area contributed by atoms with Gasteiger partial charge in [0.15, 0.2) is 11.5 Å². The van der Waals surface area contributed by atoms with Gasteiger partial charge in [0, 0.05) is 6.21 Å². The van der Waals surface area contributed by atoms with Crippen LogP contribution in [0.5, 0.6) is 11.5 Å².